The zero-order chi connectivity index (χ0) is 26.1. The second kappa shape index (κ2) is 10.6. The number of esters is 1. The first kappa shape index (κ1) is 27.1. The summed E-state index contributed by atoms with van der Waals surface area (Å²) < 4.78 is 20.7. The quantitative estimate of drug-likeness (QED) is 0.509. The van der Waals surface area contributed by atoms with E-state index in [0.717, 1.165) is 40.2 Å². The highest BCUT2D eigenvalue weighted by atomic mass is 32.1. The predicted molar refractivity (Wildman–Crippen MR) is 141 cm³/mol. The maximum absolute atomic E-state index is 15.0. The maximum Gasteiger partial charge on any atom is 0.332 e. The van der Waals surface area contributed by atoms with Crippen LogP contribution in [0.5, 0.6) is 0 Å². The van der Waals surface area contributed by atoms with Crippen LogP contribution in [0.3, 0.4) is 0 Å². The highest BCUT2D eigenvalue weighted by Gasteiger charge is 2.37. The van der Waals surface area contributed by atoms with Gasteiger partial charge in [-0.1, -0.05) is 43.3 Å². The van der Waals surface area contributed by atoms with Gasteiger partial charge in [-0.3, -0.25) is 14.2 Å². The van der Waals surface area contributed by atoms with Gasteiger partial charge in [0.05, 0.1) is 30.2 Å². The summed E-state index contributed by atoms with van der Waals surface area (Å²) in [6, 6.07) is 13.1. The molecule has 1 amide bonds. The lowest BCUT2D eigenvalue weighted by Gasteiger charge is -2.25. The van der Waals surface area contributed by atoms with Crippen LogP contribution in [-0.4, -0.2) is 23.6 Å². The number of carbonyl (C=O) groups is 2. The maximum atomic E-state index is 15.0. The summed E-state index contributed by atoms with van der Waals surface area (Å²) in [5.41, 5.74) is 7.69. The Morgan fingerprint density at radius 3 is 2.57 bits per heavy atom. The van der Waals surface area contributed by atoms with Crippen molar-refractivity contribution in [1.29, 1.82) is 5.26 Å². The van der Waals surface area contributed by atoms with Gasteiger partial charge in [0, 0.05) is 17.3 Å². The van der Waals surface area contributed by atoms with E-state index in [1.807, 2.05) is 32.0 Å². The Hall–Kier alpha value is -4.49. The molecule has 0 bridgehead atoms. The molecular weight excluding hydrogens is 495 g/mol. The molecular formula is C27H25FN4O4S. The molecule has 8 nitrogen and oxygen atoms in total. The van der Waals surface area contributed by atoms with Crippen LogP contribution in [0, 0.1) is 31.0 Å². The number of benzene rings is 2. The third kappa shape index (κ3) is 4.81. The van der Waals surface area contributed by atoms with E-state index in [-0.39, 0.29) is 39.2 Å². The number of fused-ring (bicyclic) bond motifs is 1. The van der Waals surface area contributed by atoms with Crippen LogP contribution in [0.4, 0.5) is 10.1 Å². The number of methoxy groups -OCH3 is 1. The zero-order valence-corrected chi connectivity index (χ0v) is 20.4. The van der Waals surface area contributed by atoms with Gasteiger partial charge in [-0.05, 0) is 31.5 Å². The largest absolute Gasteiger partial charge is 0.466 e. The van der Waals surface area contributed by atoms with Crippen LogP contribution < -0.4 is 25.8 Å². The summed E-state index contributed by atoms with van der Waals surface area (Å²) in [7, 11) is 1.16. The fourth-order valence-electron chi connectivity index (χ4n) is 4.10. The highest BCUT2D eigenvalue weighted by molar-refractivity contribution is 7.07. The fraction of sp³-hybridized carbons (Fsp3) is 0.185. The van der Waals surface area contributed by atoms with Crippen molar-refractivity contribution in [2.24, 2.45) is 5.73 Å². The van der Waals surface area contributed by atoms with Crippen molar-refractivity contribution in [1.82, 2.24) is 4.57 Å². The molecule has 37 heavy (non-hydrogen) atoms. The summed E-state index contributed by atoms with van der Waals surface area (Å²) in [5, 5.41) is 12.8. The molecule has 0 spiro atoms. The van der Waals surface area contributed by atoms with E-state index < -0.39 is 29.2 Å². The van der Waals surface area contributed by atoms with E-state index in [1.165, 1.54) is 18.2 Å². The third-order valence-electron chi connectivity index (χ3n) is 5.81. The summed E-state index contributed by atoms with van der Waals surface area (Å²) in [6.07, 6.45) is 0.982. The lowest BCUT2D eigenvalue weighted by atomic mass is 9.83. The Labute approximate surface area is 216 Å². The molecule has 0 saturated heterocycles. The molecule has 1 atom stereocenters. The second-order valence-corrected chi connectivity index (χ2v) is 9.16. The van der Waals surface area contributed by atoms with E-state index in [0.29, 0.717) is 5.69 Å². The standard InChI is InChI=1S/C26H21FN4O4S.CH4/c1-13-8-9-18(14(2)10-13)30-24(33)22-21(15-6-4-5-7-17(15)27)16(12-28)23(29)31-25(34)19(36-26(22)31)11-20(32)35-3;/h4-11,21H,29H2,1-3H3,(H,30,33);1H4/b19-11-;. The minimum absolute atomic E-state index is 0. The van der Waals surface area contributed by atoms with Crippen molar-refractivity contribution in [2.75, 3.05) is 12.4 Å². The van der Waals surface area contributed by atoms with Crippen LogP contribution in [0.2, 0.25) is 0 Å². The summed E-state index contributed by atoms with van der Waals surface area (Å²) in [4.78, 5) is 38.8. The van der Waals surface area contributed by atoms with Gasteiger partial charge < -0.3 is 15.8 Å². The molecule has 4 rings (SSSR count). The topological polar surface area (TPSA) is 127 Å². The number of amides is 1. The molecule has 1 aliphatic heterocycles. The molecule has 0 aliphatic carbocycles. The molecule has 3 N–H and O–H groups in total. The number of anilines is 1. The van der Waals surface area contributed by atoms with E-state index >= 15 is 4.39 Å². The molecule has 190 valence electrons. The number of nitriles is 1. The van der Waals surface area contributed by atoms with Crippen molar-refractivity contribution >= 4 is 46.4 Å². The zero-order valence-electron chi connectivity index (χ0n) is 19.6. The number of halogens is 1. The van der Waals surface area contributed by atoms with Crippen LogP contribution in [0.1, 0.15) is 30.0 Å². The van der Waals surface area contributed by atoms with Gasteiger partial charge in [0.15, 0.2) is 0 Å². The molecule has 0 saturated carbocycles. The SMILES string of the molecule is C.COC(=O)/C=c1\sc2n(c1=O)C(N)=C(C#N)C(c1ccccc1F)C=2C(=O)Nc1ccc(C)cc1C. The Bertz CT molecular complexity index is 1680. The third-order valence-corrected chi connectivity index (χ3v) is 6.92. The molecule has 0 radical (unpaired) electrons. The average Bonchev–Trinajstić information content (AvgIpc) is 3.16. The van der Waals surface area contributed by atoms with E-state index in [1.54, 1.807) is 12.1 Å². The number of carbonyl (C=O) groups excluding carboxylic acids is 2. The monoisotopic (exact) mass is 520 g/mol. The molecule has 1 aliphatic rings. The molecule has 1 unspecified atom stereocenters. The van der Waals surface area contributed by atoms with Gasteiger partial charge in [0.25, 0.3) is 11.5 Å². The molecule has 2 heterocycles. The Balaban J connectivity index is 0.00000380. The van der Waals surface area contributed by atoms with Gasteiger partial charge in [0.1, 0.15) is 20.8 Å². The number of nitrogens with zero attached hydrogens (tertiary/aromatic N) is 2. The Kier molecular flexibility index (Phi) is 7.79. The molecule has 10 heteroatoms. The van der Waals surface area contributed by atoms with Crippen molar-refractivity contribution in [2.45, 2.75) is 27.2 Å². The number of aryl methyl sites for hydroxylation is 2. The molecule has 1 aromatic heterocycles. The fourth-order valence-corrected chi connectivity index (χ4v) is 5.23. The highest BCUT2D eigenvalue weighted by Crippen LogP contribution is 2.37. The summed E-state index contributed by atoms with van der Waals surface area (Å²) in [5.74, 6) is -3.49. The summed E-state index contributed by atoms with van der Waals surface area (Å²) >= 11 is 0.830. The van der Waals surface area contributed by atoms with Crippen LogP contribution in [0.25, 0.3) is 17.5 Å². The Morgan fingerprint density at radius 1 is 1.24 bits per heavy atom. The number of thiazole rings is 1. The first-order chi connectivity index (χ1) is 17.2. The predicted octanol–water partition coefficient (Wildman–Crippen LogP) is 2.49. The lowest BCUT2D eigenvalue weighted by Crippen LogP contribution is -2.41. The number of nitrogens with one attached hydrogen (secondary N) is 1. The minimum Gasteiger partial charge on any atom is -0.466 e. The van der Waals surface area contributed by atoms with Crippen LogP contribution in [0.15, 0.2) is 52.8 Å². The number of hydrogen-bond donors (Lipinski definition) is 2. The first-order valence-corrected chi connectivity index (χ1v) is 11.6. The van der Waals surface area contributed by atoms with Gasteiger partial charge in [-0.15, -0.1) is 11.3 Å². The smallest absolute Gasteiger partial charge is 0.332 e. The molecule has 3 aromatic rings. The summed E-state index contributed by atoms with van der Waals surface area (Å²) in [6.45, 7) is 3.74. The first-order valence-electron chi connectivity index (χ1n) is 10.8. The number of ether oxygens (including phenoxy) is 1. The van der Waals surface area contributed by atoms with Gasteiger partial charge in [0.2, 0.25) is 0 Å². The molecule has 0 fully saturated rings. The van der Waals surface area contributed by atoms with E-state index in [2.05, 4.69) is 10.1 Å². The number of nitrogens with two attached hydrogens (primary N) is 1. The van der Waals surface area contributed by atoms with Gasteiger partial charge in [-0.2, -0.15) is 5.26 Å². The van der Waals surface area contributed by atoms with E-state index in [4.69, 9.17) is 5.73 Å². The number of rotatable bonds is 4. The Morgan fingerprint density at radius 2 is 1.95 bits per heavy atom. The molecule has 2 aromatic carbocycles. The normalized spacial score (nSPS) is 14.9. The van der Waals surface area contributed by atoms with Crippen molar-refractivity contribution in [3.05, 3.63) is 90.1 Å². The van der Waals surface area contributed by atoms with Crippen molar-refractivity contribution in [3.8, 4) is 6.07 Å². The van der Waals surface area contributed by atoms with Crippen LogP contribution in [-0.2, 0) is 14.3 Å². The average molecular weight is 521 g/mol. The van der Waals surface area contributed by atoms with Crippen molar-refractivity contribution < 1.29 is 18.7 Å². The number of allylic oxidation sites excluding steroid dienone is 1. The minimum atomic E-state index is -1.19. The number of hydrogen-bond acceptors (Lipinski definition) is 7. The van der Waals surface area contributed by atoms with Crippen LogP contribution >= 0.6 is 11.3 Å². The van der Waals surface area contributed by atoms with E-state index in [9.17, 15) is 19.6 Å². The van der Waals surface area contributed by atoms with Crippen molar-refractivity contribution in [3.63, 3.8) is 0 Å². The van der Waals surface area contributed by atoms with Gasteiger partial charge in [-0.25, -0.2) is 9.18 Å². The van der Waals surface area contributed by atoms with Gasteiger partial charge >= 0.3 is 5.97 Å². The lowest BCUT2D eigenvalue weighted by molar-refractivity contribution is -0.133. The second-order valence-electron chi connectivity index (χ2n) is 8.13. The number of aromatic nitrogens is 1.